The number of aromatic nitrogens is 1. The van der Waals surface area contributed by atoms with Crippen molar-refractivity contribution in [2.45, 2.75) is 64.8 Å². The summed E-state index contributed by atoms with van der Waals surface area (Å²) in [5, 5.41) is 4.07. The van der Waals surface area contributed by atoms with Crippen molar-refractivity contribution in [3.63, 3.8) is 0 Å². The number of benzene rings is 2. The topological polar surface area (TPSA) is 79.4 Å². The molecule has 8 heteroatoms. The van der Waals surface area contributed by atoms with Crippen LogP contribution in [0.4, 0.5) is 0 Å². The summed E-state index contributed by atoms with van der Waals surface area (Å²) in [4.78, 5) is 46.0. The van der Waals surface area contributed by atoms with Gasteiger partial charge in [0.1, 0.15) is 5.78 Å². The molecular formula is C34H43N3O3S2. The molecule has 1 fully saturated rings. The SMILES string of the molecule is C=C(CN1CCSCC1)C(=O)CC[C@H](Cc1ccccc1)NC(=O)[C@@H](CC(C)=O)Cc1nc2ccc(C(C)C)cc2s1. The number of amides is 1. The Balaban J connectivity index is 1.44. The largest absolute Gasteiger partial charge is 0.353 e. The zero-order valence-electron chi connectivity index (χ0n) is 25.1. The number of Topliss-reactive ketones (excluding diaryl/α,β-unsaturated/α-hetero) is 2. The van der Waals surface area contributed by atoms with Crippen LogP contribution in [0, 0.1) is 5.92 Å². The number of thiazole rings is 1. The third-order valence-electron chi connectivity index (χ3n) is 7.75. The summed E-state index contributed by atoms with van der Waals surface area (Å²) < 4.78 is 1.10. The molecule has 3 aromatic rings. The van der Waals surface area contributed by atoms with Gasteiger partial charge in [0.2, 0.25) is 5.91 Å². The van der Waals surface area contributed by atoms with E-state index in [9.17, 15) is 14.4 Å². The molecule has 0 bridgehead atoms. The number of rotatable bonds is 15. The fourth-order valence-electron chi connectivity index (χ4n) is 5.29. The van der Waals surface area contributed by atoms with E-state index in [1.165, 1.54) is 12.5 Å². The maximum Gasteiger partial charge on any atom is 0.224 e. The summed E-state index contributed by atoms with van der Waals surface area (Å²) in [6.45, 7) is 12.5. The summed E-state index contributed by atoms with van der Waals surface area (Å²) in [5.74, 6) is 1.94. The van der Waals surface area contributed by atoms with Crippen LogP contribution in [0.5, 0.6) is 0 Å². The summed E-state index contributed by atoms with van der Waals surface area (Å²) in [6.07, 6.45) is 2.01. The first-order valence-corrected chi connectivity index (χ1v) is 16.9. The number of thioether (sulfide) groups is 1. The molecule has 42 heavy (non-hydrogen) atoms. The van der Waals surface area contributed by atoms with Crippen molar-refractivity contribution >= 4 is 50.8 Å². The van der Waals surface area contributed by atoms with Gasteiger partial charge in [-0.3, -0.25) is 14.5 Å². The van der Waals surface area contributed by atoms with Crippen LogP contribution < -0.4 is 5.32 Å². The second-order valence-corrected chi connectivity index (χ2v) is 14.0. The molecule has 1 saturated heterocycles. The first-order chi connectivity index (χ1) is 20.2. The van der Waals surface area contributed by atoms with E-state index in [1.54, 1.807) is 11.3 Å². The number of hydrogen-bond acceptors (Lipinski definition) is 7. The lowest BCUT2D eigenvalue weighted by molar-refractivity contribution is -0.129. The minimum Gasteiger partial charge on any atom is -0.353 e. The average Bonchev–Trinajstić information content (AvgIpc) is 3.37. The number of fused-ring (bicyclic) bond motifs is 1. The van der Waals surface area contributed by atoms with Gasteiger partial charge in [0.15, 0.2) is 5.78 Å². The quantitative estimate of drug-likeness (QED) is 0.207. The summed E-state index contributed by atoms with van der Waals surface area (Å²) in [5.41, 5.74) is 3.91. The van der Waals surface area contributed by atoms with Gasteiger partial charge in [-0.25, -0.2) is 4.98 Å². The Labute approximate surface area is 258 Å². The first kappa shape index (κ1) is 32.1. The normalized spacial score (nSPS) is 15.4. The summed E-state index contributed by atoms with van der Waals surface area (Å²) in [6, 6.07) is 16.1. The molecule has 1 amide bonds. The van der Waals surface area contributed by atoms with Crippen molar-refractivity contribution < 1.29 is 14.4 Å². The van der Waals surface area contributed by atoms with Gasteiger partial charge in [0, 0.05) is 62.0 Å². The van der Waals surface area contributed by atoms with Gasteiger partial charge in [-0.05, 0) is 48.9 Å². The lowest BCUT2D eigenvalue weighted by atomic mass is 9.95. The van der Waals surface area contributed by atoms with Crippen LogP contribution in [0.15, 0.2) is 60.7 Å². The van der Waals surface area contributed by atoms with E-state index in [2.05, 4.69) is 42.8 Å². The van der Waals surface area contributed by atoms with E-state index in [0.29, 0.717) is 43.7 Å². The Morgan fingerprint density at radius 1 is 1.05 bits per heavy atom. The van der Waals surface area contributed by atoms with Crippen molar-refractivity contribution in [1.29, 1.82) is 0 Å². The highest BCUT2D eigenvalue weighted by atomic mass is 32.2. The fourth-order valence-corrected chi connectivity index (χ4v) is 7.37. The number of carbonyl (C=O) groups is 3. The molecule has 1 aliphatic rings. The Hall–Kier alpha value is -2.81. The van der Waals surface area contributed by atoms with E-state index in [4.69, 9.17) is 4.98 Å². The zero-order valence-corrected chi connectivity index (χ0v) is 26.7. The highest BCUT2D eigenvalue weighted by Crippen LogP contribution is 2.28. The van der Waals surface area contributed by atoms with E-state index in [1.807, 2.05) is 48.2 Å². The Morgan fingerprint density at radius 3 is 2.48 bits per heavy atom. The molecular weight excluding hydrogens is 563 g/mol. The number of hydrogen-bond donors (Lipinski definition) is 1. The minimum absolute atomic E-state index is 0.0273. The molecule has 4 rings (SSSR count). The number of nitrogens with one attached hydrogen (secondary N) is 1. The molecule has 0 saturated carbocycles. The van der Waals surface area contributed by atoms with E-state index in [0.717, 1.165) is 45.4 Å². The van der Waals surface area contributed by atoms with Gasteiger partial charge >= 0.3 is 0 Å². The van der Waals surface area contributed by atoms with Crippen molar-refractivity contribution in [2.24, 2.45) is 5.92 Å². The minimum atomic E-state index is -0.520. The van der Waals surface area contributed by atoms with Crippen molar-refractivity contribution in [3.05, 3.63) is 76.8 Å². The maximum atomic E-state index is 13.7. The number of ketones is 2. The van der Waals surface area contributed by atoms with Gasteiger partial charge in [-0.2, -0.15) is 11.8 Å². The monoisotopic (exact) mass is 605 g/mol. The number of nitrogens with zero attached hydrogens (tertiary/aromatic N) is 2. The van der Waals surface area contributed by atoms with Gasteiger partial charge < -0.3 is 10.1 Å². The van der Waals surface area contributed by atoms with Gasteiger partial charge in [0.25, 0.3) is 0 Å². The molecule has 0 unspecified atom stereocenters. The van der Waals surface area contributed by atoms with Gasteiger partial charge in [-0.1, -0.05) is 56.8 Å². The second kappa shape index (κ2) is 15.6. The summed E-state index contributed by atoms with van der Waals surface area (Å²) in [7, 11) is 0. The molecule has 1 aromatic heterocycles. The van der Waals surface area contributed by atoms with Crippen LogP contribution in [0.3, 0.4) is 0 Å². The lowest BCUT2D eigenvalue weighted by Crippen LogP contribution is -2.41. The molecule has 2 atom stereocenters. The van der Waals surface area contributed by atoms with Crippen LogP contribution in [-0.2, 0) is 27.2 Å². The average molecular weight is 606 g/mol. The van der Waals surface area contributed by atoms with Crippen molar-refractivity contribution in [3.8, 4) is 0 Å². The van der Waals surface area contributed by atoms with Crippen LogP contribution in [0.2, 0.25) is 0 Å². The molecule has 1 aliphatic heterocycles. The molecule has 2 heterocycles. The van der Waals surface area contributed by atoms with Crippen LogP contribution in [0.25, 0.3) is 10.2 Å². The standard InChI is InChI=1S/C34H43N3O3S2/c1-23(2)27-10-12-30-32(20-27)42-33(36-30)21-28(18-25(4)38)34(40)35-29(19-26-8-6-5-7-9-26)11-13-31(39)24(3)22-37-14-16-41-17-15-37/h5-10,12,20,23,28-29H,3,11,13-19,21-22H2,1-2,4H3,(H,35,40)/t28-,29+/m0/s1. The highest BCUT2D eigenvalue weighted by Gasteiger charge is 2.26. The highest BCUT2D eigenvalue weighted by molar-refractivity contribution is 7.99. The van der Waals surface area contributed by atoms with Gasteiger partial charge in [-0.15, -0.1) is 11.3 Å². The number of carbonyl (C=O) groups excluding carboxylic acids is 3. The Morgan fingerprint density at radius 2 is 1.79 bits per heavy atom. The van der Waals surface area contributed by atoms with Crippen LogP contribution >= 0.6 is 23.1 Å². The zero-order chi connectivity index (χ0) is 30.1. The summed E-state index contributed by atoms with van der Waals surface area (Å²) >= 11 is 3.54. The predicted octanol–water partition coefficient (Wildman–Crippen LogP) is 6.24. The molecule has 0 radical (unpaired) electrons. The molecule has 224 valence electrons. The van der Waals surface area contributed by atoms with E-state index < -0.39 is 5.92 Å². The molecule has 2 aromatic carbocycles. The molecule has 6 nitrogen and oxygen atoms in total. The smallest absolute Gasteiger partial charge is 0.224 e. The predicted molar refractivity (Wildman–Crippen MR) is 175 cm³/mol. The third-order valence-corrected chi connectivity index (χ3v) is 9.74. The first-order valence-electron chi connectivity index (χ1n) is 14.9. The second-order valence-electron chi connectivity index (χ2n) is 11.6. The van der Waals surface area contributed by atoms with Crippen LogP contribution in [0.1, 0.15) is 62.1 Å². The molecule has 0 spiro atoms. The Kier molecular flexibility index (Phi) is 11.9. The molecule has 0 aliphatic carbocycles. The van der Waals surface area contributed by atoms with E-state index in [-0.39, 0.29) is 29.9 Å². The van der Waals surface area contributed by atoms with Crippen LogP contribution in [-0.4, -0.2) is 64.5 Å². The maximum absolute atomic E-state index is 13.7. The van der Waals surface area contributed by atoms with Crippen molar-refractivity contribution in [1.82, 2.24) is 15.2 Å². The van der Waals surface area contributed by atoms with Gasteiger partial charge in [0.05, 0.1) is 21.1 Å². The lowest BCUT2D eigenvalue weighted by Gasteiger charge is -2.26. The van der Waals surface area contributed by atoms with E-state index >= 15 is 0 Å². The fraction of sp³-hybridized carbons (Fsp3) is 0.471. The Bertz CT molecular complexity index is 1380. The van der Waals surface area contributed by atoms with Crippen molar-refractivity contribution in [2.75, 3.05) is 31.1 Å². The third kappa shape index (κ3) is 9.61. The molecule has 1 N–H and O–H groups in total.